The zero-order chi connectivity index (χ0) is 16.0. The third-order valence-electron chi connectivity index (χ3n) is 2.24. The average Bonchev–Trinajstić information content (AvgIpc) is 2.42. The number of hydrogen-bond donors (Lipinski definition) is 1. The lowest BCUT2D eigenvalue weighted by Crippen LogP contribution is -2.26. The largest absolute Gasteiger partial charge is 0.451 e. The van der Waals surface area contributed by atoms with Gasteiger partial charge in [-0.05, 0) is 39.8 Å². The zero-order valence-electron chi connectivity index (χ0n) is 12.7. The molecule has 0 fully saturated rings. The van der Waals surface area contributed by atoms with Crippen LogP contribution in [0.3, 0.4) is 0 Å². The van der Waals surface area contributed by atoms with Crippen LogP contribution in [0.2, 0.25) is 5.02 Å². The Morgan fingerprint density at radius 1 is 1.33 bits per heavy atom. The maximum atomic E-state index is 11.0. The summed E-state index contributed by atoms with van der Waals surface area (Å²) in [6.45, 7) is 7.51. The standard InChI is InChI=1S/C14H19ClN2O4/c1-9(16-21-14(2,3)4)10-6-7-11(15)12(8-10)20-17-13(18)19-5/h6-8H,1-5H3,(H,17,18)/b16-9+. The van der Waals surface area contributed by atoms with Crippen LogP contribution in [0.1, 0.15) is 33.3 Å². The molecule has 0 aliphatic heterocycles. The molecule has 1 amide bonds. The molecular formula is C14H19ClN2O4. The average molecular weight is 315 g/mol. The van der Waals surface area contributed by atoms with E-state index in [1.165, 1.54) is 7.11 Å². The Morgan fingerprint density at radius 3 is 2.57 bits per heavy atom. The van der Waals surface area contributed by atoms with Crippen LogP contribution in [0, 0.1) is 0 Å². The highest BCUT2D eigenvalue weighted by molar-refractivity contribution is 6.32. The quantitative estimate of drug-likeness (QED) is 0.682. The van der Waals surface area contributed by atoms with Gasteiger partial charge in [-0.25, -0.2) is 4.79 Å². The normalized spacial score (nSPS) is 11.8. The van der Waals surface area contributed by atoms with E-state index in [4.69, 9.17) is 21.3 Å². The Kier molecular flexibility index (Phi) is 5.84. The lowest BCUT2D eigenvalue weighted by Gasteiger charge is -2.16. The second-order valence-electron chi connectivity index (χ2n) is 5.22. The van der Waals surface area contributed by atoms with Gasteiger partial charge in [-0.15, -0.1) is 0 Å². The Hall–Kier alpha value is -1.95. The number of hydroxylamine groups is 1. The van der Waals surface area contributed by atoms with Crippen LogP contribution < -0.4 is 10.3 Å². The molecule has 0 spiro atoms. The summed E-state index contributed by atoms with van der Waals surface area (Å²) in [6.07, 6.45) is -0.724. The van der Waals surface area contributed by atoms with Crippen LogP contribution >= 0.6 is 11.6 Å². The van der Waals surface area contributed by atoms with Gasteiger partial charge in [0.2, 0.25) is 0 Å². The molecular weight excluding hydrogens is 296 g/mol. The first-order valence-corrected chi connectivity index (χ1v) is 6.64. The van der Waals surface area contributed by atoms with Gasteiger partial charge < -0.3 is 14.4 Å². The molecule has 0 heterocycles. The van der Waals surface area contributed by atoms with Crippen molar-refractivity contribution in [2.75, 3.05) is 7.11 Å². The van der Waals surface area contributed by atoms with Crippen LogP contribution in [-0.2, 0) is 9.57 Å². The molecule has 1 aromatic rings. The molecule has 0 unspecified atom stereocenters. The number of halogens is 1. The minimum Gasteiger partial charge on any atom is -0.451 e. The first-order valence-electron chi connectivity index (χ1n) is 6.26. The summed E-state index contributed by atoms with van der Waals surface area (Å²) >= 11 is 5.99. The zero-order valence-corrected chi connectivity index (χ0v) is 13.4. The van der Waals surface area contributed by atoms with Crippen LogP contribution in [0.15, 0.2) is 23.4 Å². The van der Waals surface area contributed by atoms with E-state index in [9.17, 15) is 4.79 Å². The minimum absolute atomic E-state index is 0.282. The topological polar surface area (TPSA) is 69.2 Å². The van der Waals surface area contributed by atoms with Crippen LogP contribution in [0.5, 0.6) is 5.75 Å². The highest BCUT2D eigenvalue weighted by Crippen LogP contribution is 2.25. The summed E-state index contributed by atoms with van der Waals surface area (Å²) in [4.78, 5) is 21.4. The number of carbonyl (C=O) groups excluding carboxylic acids is 1. The fraction of sp³-hybridized carbons (Fsp3) is 0.429. The lowest BCUT2D eigenvalue weighted by molar-refractivity contribution is 0.000951. The minimum atomic E-state index is -0.724. The molecule has 0 aliphatic carbocycles. The number of nitrogens with one attached hydrogen (secondary N) is 1. The highest BCUT2D eigenvalue weighted by Gasteiger charge is 2.12. The van der Waals surface area contributed by atoms with Crippen molar-refractivity contribution in [3.63, 3.8) is 0 Å². The Balaban J connectivity index is 2.87. The van der Waals surface area contributed by atoms with E-state index in [1.807, 2.05) is 20.8 Å². The molecule has 0 atom stereocenters. The summed E-state index contributed by atoms with van der Waals surface area (Å²) in [6, 6.07) is 5.06. The predicted octanol–water partition coefficient (Wildman–Crippen LogP) is 3.53. The van der Waals surface area contributed by atoms with Crippen LogP contribution in [0.4, 0.5) is 4.79 Å². The maximum Gasteiger partial charge on any atom is 0.440 e. The summed E-state index contributed by atoms with van der Waals surface area (Å²) in [7, 11) is 1.23. The number of carbonyl (C=O) groups is 1. The van der Waals surface area contributed by atoms with E-state index in [0.29, 0.717) is 10.7 Å². The van der Waals surface area contributed by atoms with Crippen molar-refractivity contribution in [3.8, 4) is 5.75 Å². The number of nitrogens with zero attached hydrogens (tertiary/aromatic N) is 1. The van der Waals surface area contributed by atoms with Gasteiger partial charge >= 0.3 is 6.09 Å². The molecule has 1 N–H and O–H groups in total. The molecule has 0 aliphatic rings. The molecule has 1 rings (SSSR count). The number of ether oxygens (including phenoxy) is 1. The van der Waals surface area contributed by atoms with Gasteiger partial charge in [0.25, 0.3) is 0 Å². The van der Waals surface area contributed by atoms with Crippen molar-refractivity contribution in [3.05, 3.63) is 28.8 Å². The van der Waals surface area contributed by atoms with Crippen molar-refractivity contribution >= 4 is 23.4 Å². The molecule has 21 heavy (non-hydrogen) atoms. The van der Waals surface area contributed by atoms with E-state index in [1.54, 1.807) is 25.1 Å². The fourth-order valence-electron chi connectivity index (χ4n) is 1.20. The second kappa shape index (κ2) is 7.17. The molecule has 1 aromatic carbocycles. The van der Waals surface area contributed by atoms with Gasteiger partial charge in [-0.1, -0.05) is 22.8 Å². The SMILES string of the molecule is COC(=O)NOc1cc(/C(C)=N/OC(C)(C)C)ccc1Cl. The molecule has 0 bridgehead atoms. The first kappa shape index (κ1) is 17.1. The highest BCUT2D eigenvalue weighted by atomic mass is 35.5. The van der Waals surface area contributed by atoms with Gasteiger partial charge in [0.1, 0.15) is 5.60 Å². The first-order chi connectivity index (χ1) is 9.73. The third-order valence-corrected chi connectivity index (χ3v) is 2.55. The number of methoxy groups -OCH3 is 1. The summed E-state index contributed by atoms with van der Waals surface area (Å²) in [5.41, 5.74) is 3.13. The molecule has 0 aromatic heterocycles. The molecule has 116 valence electrons. The predicted molar refractivity (Wildman–Crippen MR) is 80.7 cm³/mol. The lowest BCUT2D eigenvalue weighted by atomic mass is 10.1. The van der Waals surface area contributed by atoms with Gasteiger partial charge in [0.15, 0.2) is 5.75 Å². The molecule has 0 saturated heterocycles. The number of benzene rings is 1. The second-order valence-corrected chi connectivity index (χ2v) is 5.63. The van der Waals surface area contributed by atoms with E-state index < -0.39 is 6.09 Å². The molecule has 6 nitrogen and oxygen atoms in total. The number of oxime groups is 1. The van der Waals surface area contributed by atoms with Gasteiger partial charge in [0, 0.05) is 5.56 Å². The van der Waals surface area contributed by atoms with Crippen LogP contribution in [0.25, 0.3) is 0 Å². The number of rotatable bonds is 4. The fourth-order valence-corrected chi connectivity index (χ4v) is 1.36. The summed E-state index contributed by atoms with van der Waals surface area (Å²) in [5, 5.41) is 4.40. The van der Waals surface area contributed by atoms with Crippen LogP contribution in [-0.4, -0.2) is 24.5 Å². The van der Waals surface area contributed by atoms with E-state index in [2.05, 4.69) is 15.4 Å². The monoisotopic (exact) mass is 314 g/mol. The molecule has 0 saturated carbocycles. The Labute approximate surface area is 129 Å². The van der Waals surface area contributed by atoms with E-state index in [0.717, 1.165) is 5.56 Å². The van der Waals surface area contributed by atoms with Gasteiger partial charge in [0.05, 0.1) is 17.8 Å². The van der Waals surface area contributed by atoms with E-state index in [-0.39, 0.29) is 11.4 Å². The van der Waals surface area contributed by atoms with Crippen molar-refractivity contribution in [2.45, 2.75) is 33.3 Å². The van der Waals surface area contributed by atoms with Gasteiger partial charge in [-0.3, -0.25) is 0 Å². The van der Waals surface area contributed by atoms with Crippen molar-refractivity contribution in [2.24, 2.45) is 5.16 Å². The van der Waals surface area contributed by atoms with Crippen molar-refractivity contribution < 1.29 is 19.2 Å². The number of hydrogen-bond acceptors (Lipinski definition) is 5. The molecule has 0 radical (unpaired) electrons. The van der Waals surface area contributed by atoms with Gasteiger partial charge in [-0.2, -0.15) is 5.48 Å². The summed E-state index contributed by atoms with van der Waals surface area (Å²) < 4.78 is 4.40. The number of amides is 1. The smallest absolute Gasteiger partial charge is 0.440 e. The third kappa shape index (κ3) is 5.91. The van der Waals surface area contributed by atoms with Crippen molar-refractivity contribution in [1.82, 2.24) is 5.48 Å². The Bertz CT molecular complexity index is 538. The Morgan fingerprint density at radius 2 is 2.00 bits per heavy atom. The molecule has 7 heteroatoms. The maximum absolute atomic E-state index is 11.0. The summed E-state index contributed by atoms with van der Waals surface area (Å²) in [5.74, 6) is 0.282. The van der Waals surface area contributed by atoms with E-state index >= 15 is 0 Å². The van der Waals surface area contributed by atoms with Crippen molar-refractivity contribution in [1.29, 1.82) is 0 Å².